The molecule has 22 heavy (non-hydrogen) atoms. The van der Waals surface area contributed by atoms with Gasteiger partial charge < -0.3 is 4.74 Å². The van der Waals surface area contributed by atoms with Crippen molar-refractivity contribution >= 4 is 5.71 Å². The van der Waals surface area contributed by atoms with Crippen LogP contribution in [0.2, 0.25) is 0 Å². The van der Waals surface area contributed by atoms with Crippen LogP contribution in [0.25, 0.3) is 0 Å². The van der Waals surface area contributed by atoms with E-state index in [1.54, 1.807) is 0 Å². The Morgan fingerprint density at radius 3 is 2.64 bits per heavy atom. The van der Waals surface area contributed by atoms with E-state index in [-0.39, 0.29) is 6.17 Å². The van der Waals surface area contributed by atoms with Crippen molar-refractivity contribution in [2.75, 3.05) is 13.7 Å². The molecule has 1 aliphatic heterocycles. The first kappa shape index (κ1) is 16.2. The number of hydrogen-bond donors (Lipinski definition) is 3. The highest BCUT2D eigenvalue weighted by molar-refractivity contribution is 5.84. The highest BCUT2D eigenvalue weighted by Crippen LogP contribution is 2.33. The van der Waals surface area contributed by atoms with E-state index >= 15 is 0 Å². The minimum absolute atomic E-state index is 0.282. The summed E-state index contributed by atoms with van der Waals surface area (Å²) in [5.74, 6) is 2.15. The Hall–Kier alpha value is -0.650. The van der Waals surface area contributed by atoms with Crippen molar-refractivity contribution in [3.05, 3.63) is 0 Å². The third-order valence-corrected chi connectivity index (χ3v) is 6.00. The van der Waals surface area contributed by atoms with E-state index in [1.807, 2.05) is 7.11 Å². The van der Waals surface area contributed by atoms with Gasteiger partial charge in [0.15, 0.2) is 0 Å². The van der Waals surface area contributed by atoms with Crippen LogP contribution >= 0.6 is 0 Å². The molecule has 2 saturated carbocycles. The third kappa shape index (κ3) is 3.81. The van der Waals surface area contributed by atoms with E-state index in [4.69, 9.17) is 9.84 Å². The number of hydrazine groups is 1. The van der Waals surface area contributed by atoms with Gasteiger partial charge >= 0.3 is 0 Å². The Kier molecular flexibility index (Phi) is 5.71. The van der Waals surface area contributed by atoms with Gasteiger partial charge in [-0.1, -0.05) is 12.8 Å². The Labute approximate surface area is 134 Å². The van der Waals surface area contributed by atoms with Crippen molar-refractivity contribution in [2.24, 2.45) is 22.9 Å². The van der Waals surface area contributed by atoms with Gasteiger partial charge in [0.1, 0.15) is 6.17 Å². The van der Waals surface area contributed by atoms with E-state index in [1.165, 1.54) is 57.1 Å². The van der Waals surface area contributed by atoms with Crippen LogP contribution in [-0.4, -0.2) is 31.6 Å². The maximum atomic E-state index is 5.46. The Morgan fingerprint density at radius 1 is 1.09 bits per heavy atom. The second-order valence-electron chi connectivity index (χ2n) is 7.30. The van der Waals surface area contributed by atoms with Crippen LogP contribution in [0.4, 0.5) is 0 Å². The lowest BCUT2D eigenvalue weighted by Gasteiger charge is -2.42. The molecule has 1 saturated heterocycles. The number of nitrogens with one attached hydrogen (secondary N) is 3. The number of rotatable bonds is 4. The number of hydrogen-bond acceptors (Lipinski definition) is 5. The Bertz CT molecular complexity index is 377. The highest BCUT2D eigenvalue weighted by Gasteiger charge is 2.34. The number of hydrazone groups is 1. The maximum absolute atomic E-state index is 5.46. The summed E-state index contributed by atoms with van der Waals surface area (Å²) in [7, 11) is 1.83. The quantitative estimate of drug-likeness (QED) is 0.551. The lowest BCUT2D eigenvalue weighted by atomic mass is 9.77. The zero-order chi connectivity index (χ0) is 15.4. The van der Waals surface area contributed by atoms with Crippen LogP contribution in [0.1, 0.15) is 58.3 Å². The van der Waals surface area contributed by atoms with Crippen molar-refractivity contribution in [1.29, 1.82) is 0 Å². The van der Waals surface area contributed by atoms with Gasteiger partial charge in [-0.3, -0.25) is 10.9 Å². The minimum Gasteiger partial charge on any atom is -0.381 e. The molecular weight excluding hydrogens is 276 g/mol. The molecule has 2 aliphatic carbocycles. The molecule has 1 heterocycles. The first-order valence-electron chi connectivity index (χ1n) is 9.09. The average Bonchev–Trinajstić information content (AvgIpc) is 2.59. The van der Waals surface area contributed by atoms with Gasteiger partial charge in [-0.25, -0.2) is 5.43 Å². The zero-order valence-corrected chi connectivity index (χ0v) is 14.1. The zero-order valence-electron chi connectivity index (χ0n) is 14.1. The van der Waals surface area contributed by atoms with Crippen LogP contribution in [0.3, 0.4) is 0 Å². The average molecular weight is 308 g/mol. The lowest BCUT2D eigenvalue weighted by molar-refractivity contribution is 0.0644. The third-order valence-electron chi connectivity index (χ3n) is 6.00. The van der Waals surface area contributed by atoms with Crippen LogP contribution in [-0.2, 0) is 4.74 Å². The fourth-order valence-electron chi connectivity index (χ4n) is 4.44. The van der Waals surface area contributed by atoms with E-state index in [0.717, 1.165) is 18.4 Å². The van der Waals surface area contributed by atoms with Gasteiger partial charge in [0.2, 0.25) is 0 Å². The first-order valence-corrected chi connectivity index (χ1v) is 9.09. The topological polar surface area (TPSA) is 57.7 Å². The van der Waals surface area contributed by atoms with Crippen LogP contribution in [0, 0.1) is 17.8 Å². The van der Waals surface area contributed by atoms with Gasteiger partial charge in [-0.05, 0) is 63.2 Å². The molecule has 0 aromatic heterocycles. The molecule has 0 spiro atoms. The Balaban J connectivity index is 1.51. The number of methoxy groups -OCH3 is 1. The predicted octanol–water partition coefficient (Wildman–Crippen LogP) is 2.40. The molecule has 0 aromatic carbocycles. The molecule has 3 fully saturated rings. The molecular formula is C17H32N4O. The second kappa shape index (κ2) is 7.75. The summed E-state index contributed by atoms with van der Waals surface area (Å²) >= 11 is 0. The molecule has 5 nitrogen and oxygen atoms in total. The smallest absolute Gasteiger partial charge is 0.109 e. The SMILES string of the molecule is COC1CCC(/C(C)=N\NC2NNCC3CCCCC32)CC1. The van der Waals surface area contributed by atoms with Crippen LogP contribution in [0.15, 0.2) is 5.10 Å². The molecule has 0 bridgehead atoms. The number of fused-ring (bicyclic) bond motifs is 1. The predicted molar refractivity (Wildman–Crippen MR) is 89.4 cm³/mol. The van der Waals surface area contributed by atoms with Crippen molar-refractivity contribution in [3.8, 4) is 0 Å². The monoisotopic (exact) mass is 308 g/mol. The molecule has 0 radical (unpaired) electrons. The minimum atomic E-state index is 0.282. The Morgan fingerprint density at radius 2 is 1.86 bits per heavy atom. The standard InChI is InChI=1S/C17H32N4O/c1-12(13-7-9-15(22-2)10-8-13)19-21-17-16-6-4-3-5-14(16)11-18-20-17/h13-18,20-21H,3-11H2,1-2H3/b19-12-. The van der Waals surface area contributed by atoms with E-state index in [0.29, 0.717) is 12.0 Å². The fraction of sp³-hybridized carbons (Fsp3) is 0.941. The van der Waals surface area contributed by atoms with E-state index in [2.05, 4.69) is 23.2 Å². The summed E-state index contributed by atoms with van der Waals surface area (Å²) < 4.78 is 5.46. The molecule has 3 rings (SSSR count). The number of ether oxygens (including phenoxy) is 1. The largest absolute Gasteiger partial charge is 0.381 e. The normalized spacial score (nSPS) is 40.1. The lowest BCUT2D eigenvalue weighted by Crippen LogP contribution is -2.61. The maximum Gasteiger partial charge on any atom is 0.109 e. The van der Waals surface area contributed by atoms with Gasteiger partial charge in [0, 0.05) is 19.4 Å². The van der Waals surface area contributed by atoms with Gasteiger partial charge in [0.25, 0.3) is 0 Å². The molecule has 0 amide bonds. The second-order valence-corrected chi connectivity index (χ2v) is 7.30. The fourth-order valence-corrected chi connectivity index (χ4v) is 4.44. The van der Waals surface area contributed by atoms with Crippen molar-refractivity contribution in [2.45, 2.75) is 70.6 Å². The summed E-state index contributed by atoms with van der Waals surface area (Å²) in [6.07, 6.45) is 10.9. The molecule has 3 atom stereocenters. The van der Waals surface area contributed by atoms with Gasteiger partial charge in [-0.15, -0.1) is 0 Å². The summed E-state index contributed by atoms with van der Waals surface area (Å²) in [6, 6.07) is 0. The molecule has 0 aromatic rings. The summed E-state index contributed by atoms with van der Waals surface area (Å²) in [4.78, 5) is 0. The summed E-state index contributed by atoms with van der Waals surface area (Å²) in [6.45, 7) is 3.28. The van der Waals surface area contributed by atoms with Crippen LogP contribution < -0.4 is 16.3 Å². The molecule has 3 N–H and O–H groups in total. The van der Waals surface area contributed by atoms with Gasteiger partial charge in [-0.2, -0.15) is 5.10 Å². The first-order chi connectivity index (χ1) is 10.8. The van der Waals surface area contributed by atoms with Crippen LogP contribution in [0.5, 0.6) is 0 Å². The molecule has 3 aliphatic rings. The summed E-state index contributed by atoms with van der Waals surface area (Å²) in [5.41, 5.74) is 11.4. The molecule has 5 heteroatoms. The van der Waals surface area contributed by atoms with Crippen molar-refractivity contribution in [3.63, 3.8) is 0 Å². The molecule has 3 unspecified atom stereocenters. The highest BCUT2D eigenvalue weighted by atomic mass is 16.5. The molecule has 126 valence electrons. The van der Waals surface area contributed by atoms with Crippen molar-refractivity contribution in [1.82, 2.24) is 16.3 Å². The van der Waals surface area contributed by atoms with Gasteiger partial charge in [0.05, 0.1) is 6.10 Å². The van der Waals surface area contributed by atoms with E-state index < -0.39 is 0 Å². The number of nitrogens with zero attached hydrogens (tertiary/aromatic N) is 1. The van der Waals surface area contributed by atoms with E-state index in [9.17, 15) is 0 Å². The van der Waals surface area contributed by atoms with Crippen molar-refractivity contribution < 1.29 is 4.74 Å². The summed E-state index contributed by atoms with van der Waals surface area (Å²) in [5, 5.41) is 4.74.